The second-order valence-electron chi connectivity index (χ2n) is 3.52. The first kappa shape index (κ1) is 12.3. The summed E-state index contributed by atoms with van der Waals surface area (Å²) in [5.41, 5.74) is 7.07. The van der Waals surface area contributed by atoms with Crippen molar-refractivity contribution in [2.75, 3.05) is 6.61 Å². The van der Waals surface area contributed by atoms with Gasteiger partial charge < -0.3 is 10.5 Å². The van der Waals surface area contributed by atoms with Gasteiger partial charge in [0.15, 0.2) is 0 Å². The Morgan fingerprint density at radius 3 is 2.67 bits per heavy atom. The Kier molecular flexibility index (Phi) is 4.92. The number of benzene rings is 1. The fraction of sp³-hybridized carbons (Fsp3) is 0.500. The molecule has 2 N–H and O–H groups in total. The van der Waals surface area contributed by atoms with Crippen LogP contribution in [0.1, 0.15) is 38.3 Å². The van der Waals surface area contributed by atoms with E-state index in [9.17, 15) is 0 Å². The maximum Gasteiger partial charge on any atom is 0.137 e. The molecule has 0 spiro atoms. The molecule has 1 aromatic carbocycles. The first-order valence-corrected chi connectivity index (χ1v) is 5.74. The van der Waals surface area contributed by atoms with E-state index in [0.29, 0.717) is 11.6 Å². The van der Waals surface area contributed by atoms with Gasteiger partial charge in [-0.3, -0.25) is 0 Å². The zero-order valence-electron chi connectivity index (χ0n) is 9.29. The predicted molar refractivity (Wildman–Crippen MR) is 64.5 cm³/mol. The summed E-state index contributed by atoms with van der Waals surface area (Å²) in [5.74, 6) is 0.728. The molecule has 2 nitrogen and oxygen atoms in total. The van der Waals surface area contributed by atoms with Crippen molar-refractivity contribution in [3.8, 4) is 5.75 Å². The average molecular weight is 228 g/mol. The van der Waals surface area contributed by atoms with Gasteiger partial charge in [-0.2, -0.15) is 0 Å². The highest BCUT2D eigenvalue weighted by molar-refractivity contribution is 6.32. The van der Waals surface area contributed by atoms with Crippen LogP contribution >= 0.6 is 11.6 Å². The van der Waals surface area contributed by atoms with E-state index >= 15 is 0 Å². The van der Waals surface area contributed by atoms with Gasteiger partial charge >= 0.3 is 0 Å². The Hall–Kier alpha value is -0.730. The van der Waals surface area contributed by atoms with Crippen LogP contribution in [0.5, 0.6) is 5.75 Å². The fourth-order valence-corrected chi connectivity index (χ4v) is 1.74. The number of halogens is 1. The Morgan fingerprint density at radius 1 is 1.40 bits per heavy atom. The van der Waals surface area contributed by atoms with Crippen molar-refractivity contribution in [2.24, 2.45) is 5.73 Å². The highest BCUT2D eigenvalue weighted by Crippen LogP contribution is 2.28. The summed E-state index contributed by atoms with van der Waals surface area (Å²) >= 11 is 6.07. The summed E-state index contributed by atoms with van der Waals surface area (Å²) in [6.45, 7) is 4.68. The lowest BCUT2D eigenvalue weighted by Gasteiger charge is -2.13. The number of nitrogens with two attached hydrogens (primary N) is 1. The van der Waals surface area contributed by atoms with Crippen molar-refractivity contribution in [1.29, 1.82) is 0 Å². The highest BCUT2D eigenvalue weighted by Gasteiger charge is 2.08. The van der Waals surface area contributed by atoms with E-state index in [-0.39, 0.29) is 6.04 Å². The third-order valence-corrected chi connectivity index (χ3v) is 2.58. The predicted octanol–water partition coefficient (Wildman–Crippen LogP) is 3.54. The van der Waals surface area contributed by atoms with Crippen LogP contribution in [0.2, 0.25) is 5.02 Å². The summed E-state index contributed by atoms with van der Waals surface area (Å²) in [7, 11) is 0. The molecule has 1 rings (SSSR count). The van der Waals surface area contributed by atoms with E-state index in [1.165, 1.54) is 0 Å². The molecule has 0 aliphatic carbocycles. The Balaban J connectivity index is 2.81. The third kappa shape index (κ3) is 3.40. The van der Waals surface area contributed by atoms with Gasteiger partial charge in [0.25, 0.3) is 0 Å². The first-order chi connectivity index (χ1) is 7.19. The largest absolute Gasteiger partial charge is 0.492 e. The van der Waals surface area contributed by atoms with E-state index in [1.807, 2.05) is 25.1 Å². The van der Waals surface area contributed by atoms with Crippen LogP contribution in [0.4, 0.5) is 0 Å². The van der Waals surface area contributed by atoms with Crippen LogP contribution in [0.3, 0.4) is 0 Å². The van der Waals surface area contributed by atoms with E-state index < -0.39 is 0 Å². The lowest BCUT2D eigenvalue weighted by atomic mass is 10.0. The van der Waals surface area contributed by atoms with Gasteiger partial charge in [0.05, 0.1) is 11.6 Å². The molecule has 0 radical (unpaired) electrons. The van der Waals surface area contributed by atoms with Crippen LogP contribution in [0.25, 0.3) is 0 Å². The van der Waals surface area contributed by atoms with Gasteiger partial charge in [-0.05, 0) is 31.0 Å². The summed E-state index contributed by atoms with van der Waals surface area (Å²) in [6, 6.07) is 5.84. The molecular formula is C12H18ClNO. The van der Waals surface area contributed by atoms with Crippen LogP contribution < -0.4 is 10.5 Å². The monoisotopic (exact) mass is 227 g/mol. The van der Waals surface area contributed by atoms with Crippen LogP contribution in [-0.4, -0.2) is 6.61 Å². The Bertz CT molecular complexity index is 314. The number of rotatable bonds is 5. The second-order valence-corrected chi connectivity index (χ2v) is 3.93. The van der Waals surface area contributed by atoms with E-state index in [1.54, 1.807) is 0 Å². The normalized spacial score (nSPS) is 12.5. The quantitative estimate of drug-likeness (QED) is 0.835. The van der Waals surface area contributed by atoms with E-state index in [4.69, 9.17) is 22.1 Å². The molecule has 0 aliphatic heterocycles. The summed E-state index contributed by atoms with van der Waals surface area (Å²) < 4.78 is 5.36. The first-order valence-electron chi connectivity index (χ1n) is 5.36. The van der Waals surface area contributed by atoms with Crippen molar-refractivity contribution in [3.05, 3.63) is 28.8 Å². The van der Waals surface area contributed by atoms with E-state index in [2.05, 4.69) is 6.92 Å². The molecule has 3 heteroatoms. The van der Waals surface area contributed by atoms with Gasteiger partial charge in [-0.15, -0.1) is 0 Å². The van der Waals surface area contributed by atoms with Crippen LogP contribution in [-0.2, 0) is 0 Å². The van der Waals surface area contributed by atoms with Gasteiger partial charge in [-0.1, -0.05) is 31.0 Å². The zero-order valence-corrected chi connectivity index (χ0v) is 10.1. The molecule has 0 saturated carbocycles. The number of hydrogen-bond acceptors (Lipinski definition) is 2. The molecule has 0 amide bonds. The van der Waals surface area contributed by atoms with Crippen LogP contribution in [0.15, 0.2) is 18.2 Å². The SMILES string of the molecule is CCCC(N)c1ccc(OCC)c(Cl)c1. The van der Waals surface area contributed by atoms with Crippen molar-refractivity contribution in [2.45, 2.75) is 32.7 Å². The van der Waals surface area contributed by atoms with Gasteiger partial charge in [0, 0.05) is 6.04 Å². The molecule has 1 atom stereocenters. The lowest BCUT2D eigenvalue weighted by Crippen LogP contribution is -2.09. The highest BCUT2D eigenvalue weighted by atomic mass is 35.5. The minimum atomic E-state index is 0.0724. The van der Waals surface area contributed by atoms with Crippen molar-refractivity contribution < 1.29 is 4.74 Å². The maximum absolute atomic E-state index is 6.07. The molecule has 0 aromatic heterocycles. The molecule has 84 valence electrons. The van der Waals surface area contributed by atoms with Crippen molar-refractivity contribution in [1.82, 2.24) is 0 Å². The van der Waals surface area contributed by atoms with Crippen molar-refractivity contribution in [3.63, 3.8) is 0 Å². The van der Waals surface area contributed by atoms with Gasteiger partial charge in [0.1, 0.15) is 5.75 Å². The molecule has 0 aliphatic rings. The maximum atomic E-state index is 6.07. The van der Waals surface area contributed by atoms with Crippen molar-refractivity contribution >= 4 is 11.6 Å². The molecule has 0 fully saturated rings. The molecule has 1 unspecified atom stereocenters. The third-order valence-electron chi connectivity index (χ3n) is 2.28. The summed E-state index contributed by atoms with van der Waals surface area (Å²) in [4.78, 5) is 0. The minimum Gasteiger partial charge on any atom is -0.492 e. The molecule has 0 saturated heterocycles. The summed E-state index contributed by atoms with van der Waals surface area (Å²) in [5, 5.41) is 0.640. The second kappa shape index (κ2) is 5.99. The molecule has 1 aromatic rings. The molecule has 15 heavy (non-hydrogen) atoms. The Labute approximate surface area is 96.4 Å². The van der Waals surface area contributed by atoms with Gasteiger partial charge in [-0.25, -0.2) is 0 Å². The molecule has 0 bridgehead atoms. The summed E-state index contributed by atoms with van der Waals surface area (Å²) in [6.07, 6.45) is 2.05. The fourth-order valence-electron chi connectivity index (χ4n) is 1.50. The average Bonchev–Trinajstić information content (AvgIpc) is 2.21. The standard InChI is InChI=1S/C12H18ClNO/c1-3-5-11(14)9-6-7-12(15-4-2)10(13)8-9/h6-8,11H,3-5,14H2,1-2H3. The molecular weight excluding hydrogens is 210 g/mol. The Morgan fingerprint density at radius 2 is 2.13 bits per heavy atom. The van der Waals surface area contributed by atoms with E-state index in [0.717, 1.165) is 24.2 Å². The smallest absolute Gasteiger partial charge is 0.137 e. The topological polar surface area (TPSA) is 35.2 Å². The lowest BCUT2D eigenvalue weighted by molar-refractivity contribution is 0.340. The number of hydrogen-bond donors (Lipinski definition) is 1. The minimum absolute atomic E-state index is 0.0724. The number of ether oxygens (including phenoxy) is 1. The molecule has 0 heterocycles. The zero-order chi connectivity index (χ0) is 11.3. The van der Waals surface area contributed by atoms with Crippen LogP contribution in [0, 0.1) is 0 Å². The van der Waals surface area contributed by atoms with Gasteiger partial charge in [0.2, 0.25) is 0 Å².